The Morgan fingerprint density at radius 1 is 1.67 bits per heavy atom. The lowest BCUT2D eigenvalue weighted by atomic mass is 10.4. The predicted octanol–water partition coefficient (Wildman–Crippen LogP) is 0.958. The highest BCUT2D eigenvalue weighted by molar-refractivity contribution is 5.72. The molecule has 0 bridgehead atoms. The van der Waals surface area contributed by atoms with Crippen LogP contribution >= 0.6 is 0 Å². The fourth-order valence-corrected chi connectivity index (χ4v) is 0.591. The minimum atomic E-state index is -0.288. The summed E-state index contributed by atoms with van der Waals surface area (Å²) in [6.07, 6.45) is -0.560. The Kier molecular flexibility index (Phi) is 0.361. The molecule has 0 saturated carbocycles. The molecule has 2 aromatic heterocycles. The van der Waals surface area contributed by atoms with Gasteiger partial charge in [0.2, 0.25) is 0 Å². The minimum absolute atomic E-state index is 0.121. The van der Waals surface area contributed by atoms with Crippen LogP contribution in [0.1, 0.15) is 5.48 Å². The second-order valence-electron chi connectivity index (χ2n) is 1.53. The third kappa shape index (κ3) is 0.579. The summed E-state index contributed by atoms with van der Waals surface area (Å²) in [6.45, 7) is 0. The quantitative estimate of drug-likeness (QED) is 0.566. The minimum Gasteiger partial charge on any atom is -0.343 e. The molecule has 0 aliphatic carbocycles. The molecule has 0 aliphatic rings. The topological polar surface area (TPSA) is 41.6 Å². The number of nitrogens with one attached hydrogen (secondary N) is 1. The number of rotatable bonds is 0. The van der Waals surface area contributed by atoms with Crippen molar-refractivity contribution in [3.63, 3.8) is 0 Å². The van der Waals surface area contributed by atoms with Crippen molar-refractivity contribution in [3.8, 4) is 0 Å². The van der Waals surface area contributed by atoms with Crippen LogP contribution in [0.25, 0.3) is 11.0 Å². The van der Waals surface area contributed by atoms with Crippen LogP contribution in [0.4, 0.5) is 0 Å². The number of hydrogen-bond acceptors (Lipinski definition) is 2. The fourth-order valence-electron chi connectivity index (χ4n) is 0.591. The predicted molar refractivity (Wildman–Crippen MR) is 33.9 cm³/mol. The highest BCUT2D eigenvalue weighted by atomic mass is 14.9. The molecular weight excluding hydrogens is 114 g/mol. The van der Waals surface area contributed by atoms with E-state index >= 15 is 0 Å². The summed E-state index contributed by atoms with van der Waals surface area (Å²) in [5.41, 5.74) is 0.404. The number of pyridine rings is 1. The first-order valence-corrected chi connectivity index (χ1v) is 2.39. The SMILES string of the molecule is [2H]c1nc2c([2H])c([2H])nc([2H])c2[nH]1. The Bertz CT molecular complexity index is 478. The molecule has 3 heteroatoms. The molecule has 2 aromatic rings. The van der Waals surface area contributed by atoms with Gasteiger partial charge in [-0.3, -0.25) is 4.98 Å². The molecule has 0 radical (unpaired) electrons. The van der Waals surface area contributed by atoms with E-state index in [1.54, 1.807) is 0 Å². The van der Waals surface area contributed by atoms with E-state index < -0.39 is 0 Å². The fraction of sp³-hybridized carbons (Fsp3) is 0. The first-order valence-electron chi connectivity index (χ1n) is 4.39. The van der Waals surface area contributed by atoms with Crippen molar-refractivity contribution in [3.05, 3.63) is 24.7 Å². The standard InChI is InChI=1S/C6H5N3/c1-2-7-3-6-5(1)8-4-9-6/h1-4H,(H,8,9)/i1D,2D,3D,4D. The van der Waals surface area contributed by atoms with Crippen LogP contribution in [0.2, 0.25) is 0 Å². The van der Waals surface area contributed by atoms with Crippen molar-refractivity contribution in [2.24, 2.45) is 0 Å². The van der Waals surface area contributed by atoms with Crippen molar-refractivity contribution < 1.29 is 5.48 Å². The Balaban J connectivity index is 2.95. The first kappa shape index (κ1) is 2.10. The van der Waals surface area contributed by atoms with Crippen LogP contribution in [0.15, 0.2) is 24.7 Å². The van der Waals surface area contributed by atoms with Gasteiger partial charge in [-0.1, -0.05) is 0 Å². The highest BCUT2D eigenvalue weighted by Crippen LogP contribution is 2.03. The number of nitrogens with zero attached hydrogens (tertiary/aromatic N) is 2. The van der Waals surface area contributed by atoms with Gasteiger partial charge < -0.3 is 4.98 Å². The summed E-state index contributed by atoms with van der Waals surface area (Å²) in [7, 11) is 0. The van der Waals surface area contributed by atoms with E-state index in [2.05, 4.69) is 15.0 Å². The third-order valence-corrected chi connectivity index (χ3v) is 0.983. The van der Waals surface area contributed by atoms with E-state index in [9.17, 15) is 0 Å². The second kappa shape index (κ2) is 1.55. The van der Waals surface area contributed by atoms with Gasteiger partial charge in [-0.15, -0.1) is 0 Å². The van der Waals surface area contributed by atoms with Gasteiger partial charge in [0.1, 0.15) is 1.37 Å². The second-order valence-corrected chi connectivity index (χ2v) is 1.53. The number of hydrogen-bond donors (Lipinski definition) is 1. The van der Waals surface area contributed by atoms with Crippen LogP contribution in [0, 0.1) is 0 Å². The van der Waals surface area contributed by atoms with Gasteiger partial charge in [0.05, 0.1) is 27.6 Å². The Morgan fingerprint density at radius 3 is 3.67 bits per heavy atom. The van der Waals surface area contributed by atoms with Gasteiger partial charge in [-0.05, 0) is 6.04 Å². The molecule has 0 aromatic carbocycles. The Morgan fingerprint density at radius 2 is 2.67 bits per heavy atom. The van der Waals surface area contributed by atoms with Crippen molar-refractivity contribution >= 4 is 11.0 Å². The van der Waals surface area contributed by atoms with Gasteiger partial charge in [0, 0.05) is 6.17 Å². The number of H-pyrrole nitrogens is 1. The normalized spacial score (nSPS) is 16.4. The summed E-state index contributed by atoms with van der Waals surface area (Å²) >= 11 is 0. The zero-order valence-corrected chi connectivity index (χ0v) is 4.39. The van der Waals surface area contributed by atoms with E-state index in [4.69, 9.17) is 5.48 Å². The molecule has 0 saturated heterocycles. The largest absolute Gasteiger partial charge is 0.343 e. The van der Waals surface area contributed by atoms with Crippen LogP contribution < -0.4 is 0 Å². The number of fused-ring (bicyclic) bond motifs is 1. The summed E-state index contributed by atoms with van der Waals surface area (Å²) in [5, 5.41) is 0. The van der Waals surface area contributed by atoms with Crippen molar-refractivity contribution in [2.45, 2.75) is 0 Å². The third-order valence-electron chi connectivity index (χ3n) is 0.983. The molecule has 3 nitrogen and oxygen atoms in total. The molecule has 44 valence electrons. The zero-order valence-electron chi connectivity index (χ0n) is 8.39. The summed E-state index contributed by atoms with van der Waals surface area (Å²) in [6, 6.07) is -0.152. The van der Waals surface area contributed by atoms with Gasteiger partial charge in [-0.2, -0.15) is 0 Å². The lowest BCUT2D eigenvalue weighted by molar-refractivity contribution is 1.33. The molecule has 0 atom stereocenters. The molecule has 0 spiro atoms. The zero-order chi connectivity index (χ0) is 9.59. The number of aromatic nitrogens is 3. The summed E-state index contributed by atoms with van der Waals surface area (Å²) in [4.78, 5) is 9.68. The van der Waals surface area contributed by atoms with Gasteiger partial charge in [-0.25, -0.2) is 4.98 Å². The molecule has 0 fully saturated rings. The van der Waals surface area contributed by atoms with Gasteiger partial charge in [0.25, 0.3) is 0 Å². The van der Waals surface area contributed by atoms with Crippen molar-refractivity contribution in [1.82, 2.24) is 15.0 Å². The average Bonchev–Trinajstić information content (AvgIpc) is 2.44. The molecule has 2 rings (SSSR count). The molecular formula is C6H5N3. The Labute approximate surface area is 57.4 Å². The van der Waals surface area contributed by atoms with E-state index in [0.717, 1.165) is 0 Å². The van der Waals surface area contributed by atoms with Gasteiger partial charge >= 0.3 is 0 Å². The number of aromatic amines is 1. The number of imidazole rings is 1. The van der Waals surface area contributed by atoms with Crippen LogP contribution in [0.3, 0.4) is 0 Å². The summed E-state index contributed by atoms with van der Waals surface area (Å²) < 4.78 is 29.1. The maximum atomic E-state index is 7.40. The molecule has 0 amide bonds. The van der Waals surface area contributed by atoms with E-state index in [1.165, 1.54) is 0 Å². The van der Waals surface area contributed by atoms with Crippen LogP contribution in [-0.4, -0.2) is 15.0 Å². The van der Waals surface area contributed by atoms with Crippen molar-refractivity contribution in [2.75, 3.05) is 0 Å². The maximum absolute atomic E-state index is 7.40. The van der Waals surface area contributed by atoms with E-state index in [1.807, 2.05) is 0 Å². The molecule has 0 unspecified atom stereocenters. The molecule has 0 aliphatic heterocycles. The molecule has 1 N–H and O–H groups in total. The monoisotopic (exact) mass is 123 g/mol. The van der Waals surface area contributed by atoms with Crippen LogP contribution in [-0.2, 0) is 0 Å². The summed E-state index contributed by atoms with van der Waals surface area (Å²) in [5.74, 6) is 0. The highest BCUT2D eigenvalue weighted by Gasteiger charge is 1.89. The Hall–Kier alpha value is -1.38. The molecule has 2 heterocycles. The van der Waals surface area contributed by atoms with Crippen molar-refractivity contribution in [1.29, 1.82) is 0 Å². The van der Waals surface area contributed by atoms with Gasteiger partial charge in [0.15, 0.2) is 0 Å². The average molecular weight is 123 g/mol. The maximum Gasteiger partial charge on any atom is 0.104 e. The lowest BCUT2D eigenvalue weighted by Crippen LogP contribution is -1.69. The molecule has 9 heavy (non-hydrogen) atoms. The van der Waals surface area contributed by atoms with Crippen LogP contribution in [0.5, 0.6) is 0 Å². The first-order chi connectivity index (χ1) is 6.09. The van der Waals surface area contributed by atoms with E-state index in [-0.39, 0.29) is 35.7 Å². The van der Waals surface area contributed by atoms with E-state index in [0.29, 0.717) is 0 Å². The smallest absolute Gasteiger partial charge is 0.104 e. The lowest BCUT2D eigenvalue weighted by Gasteiger charge is -1.80.